The lowest BCUT2D eigenvalue weighted by Crippen LogP contribution is -2.37. The minimum Gasteiger partial charge on any atom is -0.336 e. The van der Waals surface area contributed by atoms with Crippen molar-refractivity contribution in [2.24, 2.45) is 18.7 Å². The SMILES string of the molecule is CC(CN)CN1CCCN(C(=O)c2ccn(C)n2)CC1. The monoisotopic (exact) mass is 279 g/mol. The topological polar surface area (TPSA) is 67.4 Å². The molecular weight excluding hydrogens is 254 g/mol. The van der Waals surface area contributed by atoms with Gasteiger partial charge in [0, 0.05) is 39.4 Å². The summed E-state index contributed by atoms with van der Waals surface area (Å²) in [5.74, 6) is 0.548. The first-order valence-corrected chi connectivity index (χ1v) is 7.31. The van der Waals surface area contributed by atoms with Gasteiger partial charge in [-0.3, -0.25) is 9.48 Å². The molecule has 112 valence electrons. The van der Waals surface area contributed by atoms with Crippen LogP contribution in [0.15, 0.2) is 12.3 Å². The zero-order chi connectivity index (χ0) is 14.5. The van der Waals surface area contributed by atoms with Gasteiger partial charge in [-0.2, -0.15) is 5.10 Å². The van der Waals surface area contributed by atoms with Crippen LogP contribution >= 0.6 is 0 Å². The van der Waals surface area contributed by atoms with E-state index in [1.807, 2.05) is 11.9 Å². The quantitative estimate of drug-likeness (QED) is 0.853. The Bertz CT molecular complexity index is 445. The molecule has 6 heteroatoms. The van der Waals surface area contributed by atoms with Crippen LogP contribution in [0.25, 0.3) is 0 Å². The molecule has 2 rings (SSSR count). The van der Waals surface area contributed by atoms with Crippen molar-refractivity contribution in [3.05, 3.63) is 18.0 Å². The maximum absolute atomic E-state index is 12.4. The summed E-state index contributed by atoms with van der Waals surface area (Å²) in [6.07, 6.45) is 2.82. The number of nitrogens with zero attached hydrogens (tertiary/aromatic N) is 4. The molecule has 1 aliphatic rings. The van der Waals surface area contributed by atoms with Crippen molar-refractivity contribution in [3.63, 3.8) is 0 Å². The molecule has 0 spiro atoms. The van der Waals surface area contributed by atoms with Crippen LogP contribution in [0, 0.1) is 5.92 Å². The van der Waals surface area contributed by atoms with Gasteiger partial charge < -0.3 is 15.5 Å². The normalized spacial score (nSPS) is 18.9. The number of amides is 1. The van der Waals surface area contributed by atoms with Crippen LogP contribution in [0.2, 0.25) is 0 Å². The van der Waals surface area contributed by atoms with Gasteiger partial charge in [0.05, 0.1) is 0 Å². The van der Waals surface area contributed by atoms with Crippen LogP contribution in [-0.2, 0) is 7.05 Å². The summed E-state index contributed by atoms with van der Waals surface area (Å²) in [6.45, 7) is 7.44. The zero-order valence-corrected chi connectivity index (χ0v) is 12.5. The van der Waals surface area contributed by atoms with E-state index in [9.17, 15) is 4.79 Å². The molecule has 1 amide bonds. The standard InChI is InChI=1S/C14H25N5O/c1-12(10-15)11-18-5-3-6-19(9-8-18)14(20)13-4-7-17(2)16-13/h4,7,12H,3,5-6,8-11,15H2,1-2H3. The molecule has 2 heterocycles. The second kappa shape index (κ2) is 6.85. The first-order chi connectivity index (χ1) is 9.60. The average Bonchev–Trinajstić information content (AvgIpc) is 2.74. The summed E-state index contributed by atoms with van der Waals surface area (Å²) in [5.41, 5.74) is 6.22. The van der Waals surface area contributed by atoms with Crippen LogP contribution < -0.4 is 5.73 Å². The highest BCUT2D eigenvalue weighted by atomic mass is 16.2. The van der Waals surface area contributed by atoms with Crippen LogP contribution in [0.5, 0.6) is 0 Å². The first-order valence-electron chi connectivity index (χ1n) is 7.31. The lowest BCUT2D eigenvalue weighted by atomic mass is 10.1. The van der Waals surface area contributed by atoms with E-state index in [1.165, 1.54) is 0 Å². The molecule has 1 aromatic heterocycles. The molecule has 1 unspecified atom stereocenters. The van der Waals surface area contributed by atoms with Gasteiger partial charge in [0.15, 0.2) is 0 Å². The number of rotatable bonds is 4. The van der Waals surface area contributed by atoms with Gasteiger partial charge in [0.25, 0.3) is 5.91 Å². The van der Waals surface area contributed by atoms with E-state index >= 15 is 0 Å². The van der Waals surface area contributed by atoms with Gasteiger partial charge in [0.1, 0.15) is 5.69 Å². The van der Waals surface area contributed by atoms with E-state index in [0.717, 1.165) is 39.1 Å². The van der Waals surface area contributed by atoms with E-state index in [1.54, 1.807) is 16.9 Å². The third kappa shape index (κ3) is 3.80. The second-order valence-corrected chi connectivity index (χ2v) is 5.66. The van der Waals surface area contributed by atoms with Crippen LogP contribution in [-0.4, -0.2) is 64.8 Å². The molecule has 20 heavy (non-hydrogen) atoms. The Kier molecular flexibility index (Phi) is 5.14. The smallest absolute Gasteiger partial charge is 0.274 e. The van der Waals surface area contributed by atoms with Crippen molar-refractivity contribution in [1.29, 1.82) is 0 Å². The fourth-order valence-electron chi connectivity index (χ4n) is 2.56. The third-order valence-corrected chi connectivity index (χ3v) is 3.78. The Labute approximate surface area is 120 Å². The first kappa shape index (κ1) is 15.0. The Balaban J connectivity index is 1.90. The Morgan fingerprint density at radius 3 is 2.85 bits per heavy atom. The largest absolute Gasteiger partial charge is 0.336 e. The number of carbonyl (C=O) groups excluding carboxylic acids is 1. The fraction of sp³-hybridized carbons (Fsp3) is 0.714. The van der Waals surface area contributed by atoms with E-state index in [4.69, 9.17) is 5.73 Å². The molecule has 0 aromatic carbocycles. The van der Waals surface area contributed by atoms with E-state index in [2.05, 4.69) is 16.9 Å². The maximum atomic E-state index is 12.4. The molecule has 0 radical (unpaired) electrons. The summed E-state index contributed by atoms with van der Waals surface area (Å²) in [7, 11) is 1.83. The summed E-state index contributed by atoms with van der Waals surface area (Å²) >= 11 is 0. The maximum Gasteiger partial charge on any atom is 0.274 e. The number of nitrogens with two attached hydrogens (primary N) is 1. The molecule has 0 aliphatic carbocycles. The van der Waals surface area contributed by atoms with Gasteiger partial charge in [0.2, 0.25) is 0 Å². The number of carbonyl (C=O) groups is 1. The molecular formula is C14H25N5O. The molecule has 2 N–H and O–H groups in total. The number of hydrogen-bond acceptors (Lipinski definition) is 4. The van der Waals surface area contributed by atoms with Crippen molar-refractivity contribution in [2.75, 3.05) is 39.3 Å². The third-order valence-electron chi connectivity index (χ3n) is 3.78. The number of aryl methyl sites for hydroxylation is 1. The summed E-state index contributed by atoms with van der Waals surface area (Å²) in [4.78, 5) is 16.7. The van der Waals surface area contributed by atoms with Crippen LogP contribution in [0.4, 0.5) is 0 Å². The van der Waals surface area contributed by atoms with Gasteiger partial charge in [-0.15, -0.1) is 0 Å². The highest BCUT2D eigenvalue weighted by Crippen LogP contribution is 2.09. The molecule has 1 aliphatic heterocycles. The summed E-state index contributed by atoms with van der Waals surface area (Å²) < 4.78 is 1.67. The minimum atomic E-state index is 0.0410. The highest BCUT2D eigenvalue weighted by molar-refractivity contribution is 5.92. The Morgan fingerprint density at radius 2 is 2.20 bits per heavy atom. The van der Waals surface area contributed by atoms with Gasteiger partial charge in [-0.1, -0.05) is 6.92 Å². The lowest BCUT2D eigenvalue weighted by molar-refractivity contribution is 0.0754. The summed E-state index contributed by atoms with van der Waals surface area (Å²) in [6, 6.07) is 1.78. The molecule has 0 bridgehead atoms. The molecule has 1 atom stereocenters. The highest BCUT2D eigenvalue weighted by Gasteiger charge is 2.22. The number of aromatic nitrogens is 2. The van der Waals surface area contributed by atoms with E-state index in [-0.39, 0.29) is 5.91 Å². The van der Waals surface area contributed by atoms with Crippen molar-refractivity contribution in [1.82, 2.24) is 19.6 Å². The van der Waals surface area contributed by atoms with Gasteiger partial charge in [-0.05, 0) is 31.5 Å². The van der Waals surface area contributed by atoms with Crippen molar-refractivity contribution in [2.45, 2.75) is 13.3 Å². The van der Waals surface area contributed by atoms with E-state index in [0.29, 0.717) is 18.2 Å². The Hall–Kier alpha value is -1.40. The summed E-state index contributed by atoms with van der Waals surface area (Å²) in [5, 5.41) is 4.19. The van der Waals surface area contributed by atoms with E-state index < -0.39 is 0 Å². The lowest BCUT2D eigenvalue weighted by Gasteiger charge is -2.23. The fourth-order valence-corrected chi connectivity index (χ4v) is 2.56. The molecule has 0 saturated carbocycles. The zero-order valence-electron chi connectivity index (χ0n) is 12.5. The predicted molar refractivity (Wildman–Crippen MR) is 78.4 cm³/mol. The molecule has 1 fully saturated rings. The van der Waals surface area contributed by atoms with Gasteiger partial charge in [-0.25, -0.2) is 0 Å². The molecule has 1 aromatic rings. The van der Waals surface area contributed by atoms with Crippen LogP contribution in [0.3, 0.4) is 0 Å². The van der Waals surface area contributed by atoms with Crippen molar-refractivity contribution >= 4 is 5.91 Å². The van der Waals surface area contributed by atoms with Crippen molar-refractivity contribution < 1.29 is 4.79 Å². The van der Waals surface area contributed by atoms with Gasteiger partial charge >= 0.3 is 0 Å². The number of hydrogen-bond donors (Lipinski definition) is 1. The molecule has 6 nitrogen and oxygen atoms in total. The second-order valence-electron chi connectivity index (χ2n) is 5.66. The molecule has 1 saturated heterocycles. The average molecular weight is 279 g/mol. The van der Waals surface area contributed by atoms with Crippen molar-refractivity contribution in [3.8, 4) is 0 Å². The minimum absolute atomic E-state index is 0.0410. The Morgan fingerprint density at radius 1 is 1.40 bits per heavy atom. The van der Waals surface area contributed by atoms with Crippen LogP contribution in [0.1, 0.15) is 23.8 Å². The predicted octanol–water partition coefficient (Wildman–Crippen LogP) is 0.163.